The maximum absolute atomic E-state index is 12.7. The molecule has 1 aliphatic rings. The molecule has 0 aromatic heterocycles. The van der Waals surface area contributed by atoms with Crippen LogP contribution in [-0.2, 0) is 10.0 Å². The molecule has 0 radical (unpaired) electrons. The lowest BCUT2D eigenvalue weighted by atomic mass is 10.1. The van der Waals surface area contributed by atoms with E-state index in [0.717, 1.165) is 0 Å². The maximum Gasteiger partial charge on any atom is 0.243 e. The summed E-state index contributed by atoms with van der Waals surface area (Å²) in [6.07, 6.45) is 0.429. The number of hydrogen-bond donors (Lipinski definition) is 1. The monoisotopic (exact) mass is 315 g/mol. The lowest BCUT2D eigenvalue weighted by molar-refractivity contribution is 0.0762. The van der Waals surface area contributed by atoms with Gasteiger partial charge in [0, 0.05) is 19.2 Å². The molecule has 0 spiro atoms. The van der Waals surface area contributed by atoms with Gasteiger partial charge in [0.1, 0.15) is 0 Å². The van der Waals surface area contributed by atoms with Crippen LogP contribution in [0.5, 0.6) is 11.5 Å². The Kier molecular flexibility index (Phi) is 4.19. The molecular formula is C14H21NO5S. The molecule has 1 heterocycles. The van der Waals surface area contributed by atoms with E-state index in [0.29, 0.717) is 30.0 Å². The summed E-state index contributed by atoms with van der Waals surface area (Å²) in [5.74, 6) is 0.856. The van der Waals surface area contributed by atoms with Gasteiger partial charge in [-0.15, -0.1) is 0 Å². The second-order valence-electron chi connectivity index (χ2n) is 5.56. The van der Waals surface area contributed by atoms with Gasteiger partial charge in [-0.2, -0.15) is 4.31 Å². The van der Waals surface area contributed by atoms with Crippen molar-refractivity contribution in [3.63, 3.8) is 0 Å². The Morgan fingerprint density at radius 1 is 1.24 bits per heavy atom. The Morgan fingerprint density at radius 2 is 1.81 bits per heavy atom. The molecule has 1 atom stereocenters. The average molecular weight is 315 g/mol. The highest BCUT2D eigenvalue weighted by atomic mass is 32.2. The molecule has 1 aliphatic heterocycles. The van der Waals surface area contributed by atoms with Gasteiger partial charge in [-0.3, -0.25) is 0 Å². The van der Waals surface area contributed by atoms with E-state index in [2.05, 4.69) is 0 Å². The van der Waals surface area contributed by atoms with Gasteiger partial charge in [0.2, 0.25) is 10.0 Å². The molecule has 118 valence electrons. The van der Waals surface area contributed by atoms with E-state index in [1.807, 2.05) is 0 Å². The van der Waals surface area contributed by atoms with E-state index in [1.54, 1.807) is 19.9 Å². The molecule has 1 aromatic carbocycles. The van der Waals surface area contributed by atoms with Crippen LogP contribution < -0.4 is 9.47 Å². The van der Waals surface area contributed by atoms with Crippen molar-refractivity contribution in [2.75, 3.05) is 27.3 Å². The van der Waals surface area contributed by atoms with Crippen molar-refractivity contribution in [2.24, 2.45) is 0 Å². The minimum Gasteiger partial charge on any atom is -0.493 e. The fourth-order valence-electron chi connectivity index (χ4n) is 2.49. The van der Waals surface area contributed by atoms with Crippen LogP contribution in [0.2, 0.25) is 0 Å². The number of rotatable bonds is 4. The molecule has 6 nitrogen and oxygen atoms in total. The van der Waals surface area contributed by atoms with E-state index in [4.69, 9.17) is 9.47 Å². The number of aliphatic hydroxyl groups is 1. The predicted octanol–water partition coefficient (Wildman–Crippen LogP) is 1.16. The highest BCUT2D eigenvalue weighted by molar-refractivity contribution is 7.89. The van der Waals surface area contributed by atoms with Crippen LogP contribution >= 0.6 is 0 Å². The molecule has 1 unspecified atom stereocenters. The van der Waals surface area contributed by atoms with Gasteiger partial charge >= 0.3 is 0 Å². The number of aryl methyl sites for hydroxylation is 1. The van der Waals surface area contributed by atoms with Crippen molar-refractivity contribution in [3.8, 4) is 11.5 Å². The summed E-state index contributed by atoms with van der Waals surface area (Å²) in [5.41, 5.74) is -0.392. The highest BCUT2D eigenvalue weighted by Gasteiger charge is 2.39. The third-order valence-corrected chi connectivity index (χ3v) is 5.70. The second-order valence-corrected chi connectivity index (χ2v) is 7.46. The fourth-order valence-corrected chi connectivity index (χ4v) is 4.27. The Hall–Kier alpha value is -1.31. The largest absolute Gasteiger partial charge is 0.493 e. The van der Waals surface area contributed by atoms with E-state index in [9.17, 15) is 13.5 Å². The molecule has 1 N–H and O–H groups in total. The third-order valence-electron chi connectivity index (χ3n) is 3.72. The van der Waals surface area contributed by atoms with Crippen molar-refractivity contribution in [1.82, 2.24) is 4.31 Å². The molecule has 1 fully saturated rings. The summed E-state index contributed by atoms with van der Waals surface area (Å²) < 4.78 is 37.1. The Labute approximate surface area is 125 Å². The zero-order valence-electron chi connectivity index (χ0n) is 12.7. The fraction of sp³-hybridized carbons (Fsp3) is 0.571. The van der Waals surface area contributed by atoms with E-state index in [-0.39, 0.29) is 11.4 Å². The van der Waals surface area contributed by atoms with Gasteiger partial charge < -0.3 is 14.6 Å². The molecule has 1 saturated heterocycles. The summed E-state index contributed by atoms with van der Waals surface area (Å²) >= 11 is 0. The quantitative estimate of drug-likeness (QED) is 0.902. The number of nitrogens with zero attached hydrogens (tertiary/aromatic N) is 1. The molecule has 2 rings (SSSR count). The molecule has 1 aromatic rings. The van der Waals surface area contributed by atoms with Crippen molar-refractivity contribution < 1.29 is 23.0 Å². The van der Waals surface area contributed by atoms with E-state index in [1.165, 1.54) is 24.6 Å². The number of sulfonamides is 1. The Balaban J connectivity index is 2.46. The van der Waals surface area contributed by atoms with Gasteiger partial charge in [-0.25, -0.2) is 8.42 Å². The first-order valence-electron chi connectivity index (χ1n) is 6.66. The first-order valence-corrected chi connectivity index (χ1v) is 8.10. The van der Waals surface area contributed by atoms with Gasteiger partial charge in [0.25, 0.3) is 0 Å². The molecule has 0 saturated carbocycles. The maximum atomic E-state index is 12.7. The molecule has 0 aliphatic carbocycles. The van der Waals surface area contributed by atoms with Gasteiger partial charge in [0.05, 0.1) is 24.7 Å². The van der Waals surface area contributed by atoms with Crippen LogP contribution in [0.1, 0.15) is 18.9 Å². The molecule has 21 heavy (non-hydrogen) atoms. The summed E-state index contributed by atoms with van der Waals surface area (Å²) in [7, 11) is -0.695. The predicted molar refractivity (Wildman–Crippen MR) is 78.3 cm³/mol. The minimum absolute atomic E-state index is 0.100. The van der Waals surface area contributed by atoms with E-state index < -0.39 is 15.6 Å². The standard InChI is InChI=1S/C14H21NO5S/c1-10-7-11(19-3)12(20-4)8-13(10)21(17,18)15-6-5-14(2,16)9-15/h7-8,16H,5-6,9H2,1-4H3. The molecular weight excluding hydrogens is 294 g/mol. The lowest BCUT2D eigenvalue weighted by Crippen LogP contribution is -2.34. The molecule has 7 heteroatoms. The van der Waals surface area contributed by atoms with Crippen molar-refractivity contribution in [2.45, 2.75) is 30.8 Å². The molecule has 0 amide bonds. The van der Waals surface area contributed by atoms with Gasteiger partial charge in [-0.1, -0.05) is 0 Å². The van der Waals surface area contributed by atoms with Crippen LogP contribution in [0.3, 0.4) is 0 Å². The second kappa shape index (κ2) is 5.47. The molecule has 0 bridgehead atoms. The first-order chi connectivity index (χ1) is 9.71. The summed E-state index contributed by atoms with van der Waals surface area (Å²) in [6, 6.07) is 3.11. The number of ether oxygens (including phenoxy) is 2. The smallest absolute Gasteiger partial charge is 0.243 e. The van der Waals surface area contributed by atoms with Crippen molar-refractivity contribution in [1.29, 1.82) is 0 Å². The lowest BCUT2D eigenvalue weighted by Gasteiger charge is -2.21. The van der Waals surface area contributed by atoms with Crippen LogP contribution in [0.15, 0.2) is 17.0 Å². The summed E-state index contributed by atoms with van der Waals surface area (Å²) in [4.78, 5) is 0.179. The number of hydrogen-bond acceptors (Lipinski definition) is 5. The van der Waals surface area contributed by atoms with E-state index >= 15 is 0 Å². The Morgan fingerprint density at radius 3 is 2.29 bits per heavy atom. The third kappa shape index (κ3) is 3.00. The highest BCUT2D eigenvalue weighted by Crippen LogP contribution is 2.35. The minimum atomic E-state index is -3.66. The van der Waals surface area contributed by atoms with Crippen LogP contribution in [0.25, 0.3) is 0 Å². The van der Waals surface area contributed by atoms with Crippen LogP contribution in [0.4, 0.5) is 0 Å². The SMILES string of the molecule is COc1cc(C)c(S(=O)(=O)N2CCC(C)(O)C2)cc1OC. The summed E-state index contributed by atoms with van der Waals surface area (Å²) in [5, 5.41) is 9.98. The number of methoxy groups -OCH3 is 2. The van der Waals surface area contributed by atoms with Crippen LogP contribution in [-0.4, -0.2) is 50.7 Å². The van der Waals surface area contributed by atoms with Crippen molar-refractivity contribution >= 4 is 10.0 Å². The average Bonchev–Trinajstić information content (AvgIpc) is 2.79. The number of benzene rings is 1. The first kappa shape index (κ1) is 16.1. The van der Waals surface area contributed by atoms with Crippen molar-refractivity contribution in [3.05, 3.63) is 17.7 Å². The van der Waals surface area contributed by atoms with Gasteiger partial charge in [0.15, 0.2) is 11.5 Å². The Bertz CT molecular complexity index is 639. The van der Waals surface area contributed by atoms with Crippen LogP contribution in [0, 0.1) is 6.92 Å². The number of β-amino-alcohol motifs (C(OH)–C–C–N with tert-alkyl or cyclic N) is 1. The zero-order chi connectivity index (χ0) is 15.8. The zero-order valence-corrected chi connectivity index (χ0v) is 13.5. The normalized spacial score (nSPS) is 23.3. The summed E-state index contributed by atoms with van der Waals surface area (Å²) in [6.45, 7) is 3.76. The topological polar surface area (TPSA) is 76.1 Å². The van der Waals surface area contributed by atoms with Gasteiger partial charge in [-0.05, 0) is 31.9 Å².